The second kappa shape index (κ2) is 5.65. The molecule has 0 amide bonds. The van der Waals surface area contributed by atoms with Crippen LogP contribution < -0.4 is 0 Å². The largest absolute Gasteiger partial charge is 0.506 e. The fourth-order valence-electron chi connectivity index (χ4n) is 2.92. The van der Waals surface area contributed by atoms with Crippen molar-refractivity contribution in [2.24, 2.45) is 0 Å². The lowest BCUT2D eigenvalue weighted by Crippen LogP contribution is -2.15. The van der Waals surface area contributed by atoms with Crippen molar-refractivity contribution in [1.29, 1.82) is 0 Å². The van der Waals surface area contributed by atoms with E-state index in [0.29, 0.717) is 35.1 Å². The molecule has 1 N–H and O–H groups in total. The first-order chi connectivity index (χ1) is 10.5. The van der Waals surface area contributed by atoms with Crippen molar-refractivity contribution < 1.29 is 19.4 Å². The number of aromatic nitrogens is 1. The minimum Gasteiger partial charge on any atom is -0.506 e. The van der Waals surface area contributed by atoms with E-state index in [1.54, 1.807) is 17.6 Å². The first-order valence-corrected chi connectivity index (χ1v) is 7.67. The van der Waals surface area contributed by atoms with E-state index in [9.17, 15) is 14.7 Å². The van der Waals surface area contributed by atoms with E-state index in [1.807, 2.05) is 0 Å². The third-order valence-corrected chi connectivity index (χ3v) is 4.31. The molecule has 0 saturated carbocycles. The molecular weight excluding hydrogens is 306 g/mol. The number of rotatable bonds is 2. The number of esters is 1. The molecule has 1 aromatic carbocycles. The lowest BCUT2D eigenvalue weighted by molar-refractivity contribution is 0.0513. The van der Waals surface area contributed by atoms with Gasteiger partial charge in [-0.05, 0) is 31.9 Å². The highest BCUT2D eigenvalue weighted by molar-refractivity contribution is 6.38. The van der Waals surface area contributed by atoms with Gasteiger partial charge >= 0.3 is 5.97 Å². The summed E-state index contributed by atoms with van der Waals surface area (Å²) in [5, 5.41) is 10.6. The van der Waals surface area contributed by atoms with Crippen molar-refractivity contribution in [2.45, 2.75) is 32.7 Å². The van der Waals surface area contributed by atoms with E-state index in [2.05, 4.69) is 0 Å². The molecular formula is C16H16ClNO4. The molecule has 2 aromatic rings. The molecule has 0 atom stereocenters. The van der Waals surface area contributed by atoms with Crippen molar-refractivity contribution in [1.82, 2.24) is 4.57 Å². The maximum absolute atomic E-state index is 12.3. The zero-order valence-corrected chi connectivity index (χ0v) is 12.9. The fourth-order valence-corrected chi connectivity index (χ4v) is 3.12. The van der Waals surface area contributed by atoms with E-state index >= 15 is 0 Å². The minimum absolute atomic E-state index is 0.0496. The first kappa shape index (κ1) is 14.9. The number of Topliss-reactive ketones (excluding diaryl/α,β-unsaturated/α-hetero) is 1. The number of ketones is 1. The zero-order chi connectivity index (χ0) is 15.9. The Bertz CT molecular complexity index is 778. The van der Waals surface area contributed by atoms with Gasteiger partial charge in [0.25, 0.3) is 0 Å². The number of phenolic OH excluding ortho intramolecular Hbond substituents is 1. The summed E-state index contributed by atoms with van der Waals surface area (Å²) in [5.74, 6) is -0.648. The van der Waals surface area contributed by atoms with Gasteiger partial charge in [-0.1, -0.05) is 11.6 Å². The van der Waals surface area contributed by atoms with Gasteiger partial charge in [-0.2, -0.15) is 0 Å². The Hall–Kier alpha value is -2.01. The number of aromatic hydroxyl groups is 1. The maximum atomic E-state index is 12.3. The van der Waals surface area contributed by atoms with Crippen LogP contribution in [0.3, 0.4) is 0 Å². The molecule has 0 unspecified atom stereocenters. The Morgan fingerprint density at radius 3 is 2.91 bits per heavy atom. The normalized spacial score (nSPS) is 14.7. The van der Waals surface area contributed by atoms with Gasteiger partial charge in [0.2, 0.25) is 0 Å². The molecule has 0 aliphatic carbocycles. The summed E-state index contributed by atoms with van der Waals surface area (Å²) in [4.78, 5) is 24.5. The van der Waals surface area contributed by atoms with E-state index in [0.717, 1.165) is 12.8 Å². The Balaban J connectivity index is 2.35. The quantitative estimate of drug-likeness (QED) is 0.859. The van der Waals surface area contributed by atoms with Crippen LogP contribution in [-0.4, -0.2) is 28.0 Å². The zero-order valence-electron chi connectivity index (χ0n) is 12.2. The number of hydrogen-bond acceptors (Lipinski definition) is 4. The lowest BCUT2D eigenvalue weighted by Gasteiger charge is -2.16. The standard InChI is InChI=1S/C16H16ClNO4/c1-2-22-16(21)11-7-10-14(17)13(20)8-9-12(19)5-3-4-6-18(11)15(9)10/h7-8,20H,2-6H2,1H3. The van der Waals surface area contributed by atoms with Crippen molar-refractivity contribution in [3.63, 3.8) is 0 Å². The number of aryl methyl sites for hydroxylation is 1. The van der Waals surface area contributed by atoms with Crippen molar-refractivity contribution in [3.8, 4) is 5.75 Å². The highest BCUT2D eigenvalue weighted by atomic mass is 35.5. The average Bonchev–Trinajstić information content (AvgIpc) is 2.85. The van der Waals surface area contributed by atoms with E-state index < -0.39 is 5.97 Å². The molecule has 1 aliphatic rings. The Kier molecular flexibility index (Phi) is 3.83. The van der Waals surface area contributed by atoms with Crippen LogP contribution in [0.2, 0.25) is 5.02 Å². The number of ether oxygens (including phenoxy) is 1. The Labute approximate surface area is 132 Å². The predicted molar refractivity (Wildman–Crippen MR) is 82.8 cm³/mol. The van der Waals surface area contributed by atoms with Gasteiger partial charge in [-0.15, -0.1) is 0 Å². The SMILES string of the molecule is CCOC(=O)c1cc2c(Cl)c(O)cc3c2n1CCCCC3=O. The summed E-state index contributed by atoms with van der Waals surface area (Å²) in [5.41, 5.74) is 1.38. The van der Waals surface area contributed by atoms with Crippen LogP contribution in [-0.2, 0) is 11.3 Å². The summed E-state index contributed by atoms with van der Waals surface area (Å²) in [6.07, 6.45) is 1.96. The van der Waals surface area contributed by atoms with Gasteiger partial charge in [-0.3, -0.25) is 4.79 Å². The third-order valence-electron chi connectivity index (χ3n) is 3.91. The average molecular weight is 322 g/mol. The fraction of sp³-hybridized carbons (Fsp3) is 0.375. The van der Waals surface area contributed by atoms with E-state index in [1.165, 1.54) is 6.07 Å². The molecule has 116 valence electrons. The number of carbonyl (C=O) groups excluding carboxylic acids is 2. The van der Waals surface area contributed by atoms with Gasteiger partial charge < -0.3 is 14.4 Å². The lowest BCUT2D eigenvalue weighted by atomic mass is 10.0. The smallest absolute Gasteiger partial charge is 0.354 e. The van der Waals surface area contributed by atoms with Crippen LogP contribution in [0.25, 0.3) is 10.9 Å². The van der Waals surface area contributed by atoms with E-state index in [-0.39, 0.29) is 23.2 Å². The second-order valence-electron chi connectivity index (χ2n) is 5.30. The monoisotopic (exact) mass is 321 g/mol. The summed E-state index contributed by atoms with van der Waals surface area (Å²) in [7, 11) is 0. The maximum Gasteiger partial charge on any atom is 0.354 e. The molecule has 2 heterocycles. The number of carbonyl (C=O) groups is 2. The van der Waals surface area contributed by atoms with Crippen molar-refractivity contribution >= 4 is 34.3 Å². The molecule has 1 aliphatic heterocycles. The highest BCUT2D eigenvalue weighted by Gasteiger charge is 2.25. The molecule has 0 bridgehead atoms. The molecule has 0 spiro atoms. The Morgan fingerprint density at radius 1 is 1.41 bits per heavy atom. The Morgan fingerprint density at radius 2 is 2.18 bits per heavy atom. The molecule has 0 radical (unpaired) electrons. The molecule has 6 heteroatoms. The van der Waals surface area contributed by atoms with Crippen molar-refractivity contribution in [3.05, 3.63) is 28.4 Å². The summed E-state index contributed by atoms with van der Waals surface area (Å²) in [6.45, 7) is 2.62. The number of halogens is 1. The van der Waals surface area contributed by atoms with Crippen LogP contribution in [0.5, 0.6) is 5.75 Å². The van der Waals surface area contributed by atoms with Crippen LogP contribution in [0.4, 0.5) is 0 Å². The van der Waals surface area contributed by atoms with E-state index in [4.69, 9.17) is 16.3 Å². The summed E-state index contributed by atoms with van der Waals surface area (Å²) in [6, 6.07) is 2.99. The minimum atomic E-state index is -0.451. The molecule has 5 nitrogen and oxygen atoms in total. The van der Waals surface area contributed by atoms with Crippen LogP contribution >= 0.6 is 11.6 Å². The molecule has 22 heavy (non-hydrogen) atoms. The van der Waals surface area contributed by atoms with Gasteiger partial charge in [0, 0.05) is 23.9 Å². The van der Waals surface area contributed by atoms with Gasteiger partial charge in [-0.25, -0.2) is 4.79 Å². The second-order valence-corrected chi connectivity index (χ2v) is 5.68. The summed E-state index contributed by atoms with van der Waals surface area (Å²) < 4.78 is 6.87. The van der Waals surface area contributed by atoms with Crippen LogP contribution in [0, 0.1) is 0 Å². The molecule has 3 rings (SSSR count). The van der Waals surface area contributed by atoms with Gasteiger partial charge in [0.1, 0.15) is 11.4 Å². The number of phenols is 1. The summed E-state index contributed by atoms with van der Waals surface area (Å²) >= 11 is 6.16. The highest BCUT2D eigenvalue weighted by Crippen LogP contribution is 2.38. The van der Waals surface area contributed by atoms with Crippen molar-refractivity contribution in [2.75, 3.05) is 6.61 Å². The molecule has 0 fully saturated rings. The number of hydrogen-bond donors (Lipinski definition) is 1. The number of nitrogens with zero attached hydrogens (tertiary/aromatic N) is 1. The number of benzene rings is 1. The van der Waals surface area contributed by atoms with Gasteiger partial charge in [0.05, 0.1) is 17.1 Å². The molecule has 0 saturated heterocycles. The molecule has 1 aromatic heterocycles. The van der Waals surface area contributed by atoms with Crippen LogP contribution in [0.1, 0.15) is 47.0 Å². The third kappa shape index (κ3) is 2.25. The van der Waals surface area contributed by atoms with Crippen LogP contribution in [0.15, 0.2) is 12.1 Å². The van der Waals surface area contributed by atoms with Gasteiger partial charge in [0.15, 0.2) is 5.78 Å². The first-order valence-electron chi connectivity index (χ1n) is 7.29. The predicted octanol–water partition coefficient (Wildman–Crippen LogP) is 3.54. The topological polar surface area (TPSA) is 68.5 Å².